The molecule has 3 nitrogen and oxygen atoms in total. The van der Waals surface area contributed by atoms with E-state index in [1.807, 2.05) is 18.2 Å². The normalized spacial score (nSPS) is 11.0. The van der Waals surface area contributed by atoms with Crippen molar-refractivity contribution in [3.8, 4) is 0 Å². The molecule has 1 aromatic heterocycles. The summed E-state index contributed by atoms with van der Waals surface area (Å²) in [7, 11) is 2.06. The zero-order valence-electron chi connectivity index (χ0n) is 12.4. The van der Waals surface area contributed by atoms with E-state index in [-0.39, 0.29) is 0 Å². The van der Waals surface area contributed by atoms with Gasteiger partial charge in [-0.25, -0.2) is 4.98 Å². The quantitative estimate of drug-likeness (QED) is 0.751. The van der Waals surface area contributed by atoms with E-state index in [0.717, 1.165) is 17.0 Å². The second-order valence-corrected chi connectivity index (χ2v) is 5.38. The Morgan fingerprint density at radius 2 is 1.65 bits per heavy atom. The number of hydrogen-bond donors (Lipinski definition) is 1. The van der Waals surface area contributed by atoms with Gasteiger partial charge in [-0.1, -0.05) is 29.8 Å². The highest BCUT2D eigenvalue weighted by molar-refractivity contribution is 5.79. The van der Waals surface area contributed by atoms with Crippen LogP contribution in [0, 0.1) is 20.8 Å². The van der Waals surface area contributed by atoms with Gasteiger partial charge in [-0.15, -0.1) is 0 Å². The lowest BCUT2D eigenvalue weighted by Crippen LogP contribution is -2.14. The van der Waals surface area contributed by atoms with Gasteiger partial charge in [0.1, 0.15) is 0 Å². The maximum absolute atomic E-state index is 4.66. The van der Waals surface area contributed by atoms with Gasteiger partial charge in [-0.3, -0.25) is 0 Å². The van der Waals surface area contributed by atoms with Crippen molar-refractivity contribution in [2.45, 2.75) is 20.8 Å². The molecule has 0 amide bonds. The van der Waals surface area contributed by atoms with E-state index in [9.17, 15) is 0 Å². The predicted molar refractivity (Wildman–Crippen MR) is 84.8 cm³/mol. The minimum atomic E-state index is 0.876. The smallest absolute Gasteiger partial charge is 0.208 e. The standard InChI is InChI=1S/C17H19N3/c1-11-9-12(2)16(13(3)10-11)20(4)17-18-14-7-5-6-8-15(14)19-17/h5-10H,1-4H3,(H,18,19). The van der Waals surface area contributed by atoms with Crippen molar-refractivity contribution in [2.75, 3.05) is 11.9 Å². The van der Waals surface area contributed by atoms with E-state index >= 15 is 0 Å². The zero-order chi connectivity index (χ0) is 14.3. The Labute approximate surface area is 119 Å². The number of benzene rings is 2. The molecule has 3 rings (SSSR count). The first-order valence-electron chi connectivity index (χ1n) is 6.82. The van der Waals surface area contributed by atoms with Crippen molar-refractivity contribution in [3.63, 3.8) is 0 Å². The largest absolute Gasteiger partial charge is 0.324 e. The number of aromatic amines is 1. The van der Waals surface area contributed by atoms with Crippen molar-refractivity contribution >= 4 is 22.7 Å². The lowest BCUT2D eigenvalue weighted by molar-refractivity contribution is 1.08. The Morgan fingerprint density at radius 1 is 1.00 bits per heavy atom. The molecule has 102 valence electrons. The van der Waals surface area contributed by atoms with Crippen molar-refractivity contribution in [2.24, 2.45) is 0 Å². The molecule has 2 aromatic carbocycles. The van der Waals surface area contributed by atoms with Gasteiger partial charge in [0.05, 0.1) is 11.0 Å². The maximum atomic E-state index is 4.66. The van der Waals surface area contributed by atoms with Gasteiger partial charge in [-0.05, 0) is 44.0 Å². The predicted octanol–water partition coefficient (Wildman–Crippen LogP) is 4.26. The zero-order valence-corrected chi connectivity index (χ0v) is 12.4. The number of H-pyrrole nitrogens is 1. The lowest BCUT2D eigenvalue weighted by Gasteiger charge is -2.21. The summed E-state index contributed by atoms with van der Waals surface area (Å²) < 4.78 is 0. The van der Waals surface area contributed by atoms with Crippen LogP contribution in [0.15, 0.2) is 36.4 Å². The molecule has 0 saturated carbocycles. The van der Waals surface area contributed by atoms with E-state index in [1.54, 1.807) is 0 Å². The molecule has 0 saturated heterocycles. The average Bonchev–Trinajstić information content (AvgIpc) is 2.81. The van der Waals surface area contributed by atoms with Crippen LogP contribution < -0.4 is 4.90 Å². The lowest BCUT2D eigenvalue weighted by atomic mass is 10.0. The highest BCUT2D eigenvalue weighted by Crippen LogP contribution is 2.30. The van der Waals surface area contributed by atoms with Crippen molar-refractivity contribution in [3.05, 3.63) is 53.1 Å². The molecule has 1 N–H and O–H groups in total. The highest BCUT2D eigenvalue weighted by atomic mass is 15.2. The Bertz CT molecular complexity index is 715. The number of nitrogens with one attached hydrogen (secondary N) is 1. The van der Waals surface area contributed by atoms with Crippen LogP contribution in [0.25, 0.3) is 11.0 Å². The van der Waals surface area contributed by atoms with Crippen LogP contribution in [0.2, 0.25) is 0 Å². The summed E-state index contributed by atoms with van der Waals surface area (Å²) >= 11 is 0. The molecule has 0 aliphatic heterocycles. The van der Waals surface area contributed by atoms with Gasteiger partial charge in [0.15, 0.2) is 0 Å². The average molecular weight is 265 g/mol. The van der Waals surface area contributed by atoms with E-state index in [0.29, 0.717) is 0 Å². The molecule has 20 heavy (non-hydrogen) atoms. The first-order valence-corrected chi connectivity index (χ1v) is 6.82. The molecular weight excluding hydrogens is 246 g/mol. The highest BCUT2D eigenvalue weighted by Gasteiger charge is 2.13. The van der Waals surface area contributed by atoms with Crippen LogP contribution in [-0.4, -0.2) is 17.0 Å². The third-order valence-electron chi connectivity index (χ3n) is 3.67. The van der Waals surface area contributed by atoms with Crippen molar-refractivity contribution in [1.82, 2.24) is 9.97 Å². The number of para-hydroxylation sites is 2. The monoisotopic (exact) mass is 265 g/mol. The number of aryl methyl sites for hydroxylation is 3. The fourth-order valence-electron chi connectivity index (χ4n) is 2.91. The van der Waals surface area contributed by atoms with Gasteiger partial charge >= 0.3 is 0 Å². The van der Waals surface area contributed by atoms with Crippen LogP contribution in [0.1, 0.15) is 16.7 Å². The third kappa shape index (κ3) is 2.05. The molecule has 1 heterocycles. The van der Waals surface area contributed by atoms with Gasteiger partial charge < -0.3 is 9.88 Å². The Balaban J connectivity index is 2.10. The fourth-order valence-corrected chi connectivity index (χ4v) is 2.91. The number of hydrogen-bond acceptors (Lipinski definition) is 2. The first-order chi connectivity index (χ1) is 9.56. The summed E-state index contributed by atoms with van der Waals surface area (Å²) in [4.78, 5) is 10.2. The van der Waals surface area contributed by atoms with E-state index in [1.165, 1.54) is 22.4 Å². The van der Waals surface area contributed by atoms with E-state index in [4.69, 9.17) is 0 Å². The molecule has 0 unspecified atom stereocenters. The minimum Gasteiger partial charge on any atom is -0.324 e. The molecule has 0 aliphatic carbocycles. The van der Waals surface area contributed by atoms with Gasteiger partial charge in [0.25, 0.3) is 0 Å². The second-order valence-electron chi connectivity index (χ2n) is 5.38. The molecule has 0 bridgehead atoms. The first kappa shape index (κ1) is 12.7. The van der Waals surface area contributed by atoms with Gasteiger partial charge in [0.2, 0.25) is 5.95 Å². The molecule has 0 aliphatic rings. The fraction of sp³-hybridized carbons (Fsp3) is 0.235. The number of anilines is 2. The Hall–Kier alpha value is -2.29. The summed E-state index contributed by atoms with van der Waals surface area (Å²) in [5, 5.41) is 0. The summed E-state index contributed by atoms with van der Waals surface area (Å²) in [5.41, 5.74) is 7.11. The number of nitrogens with zero attached hydrogens (tertiary/aromatic N) is 2. The summed E-state index contributed by atoms with van der Waals surface area (Å²) in [5.74, 6) is 0.876. The molecule has 0 spiro atoms. The number of fused-ring (bicyclic) bond motifs is 1. The minimum absolute atomic E-state index is 0.876. The summed E-state index contributed by atoms with van der Waals surface area (Å²) in [6.45, 7) is 6.42. The molecule has 3 aromatic rings. The van der Waals surface area contributed by atoms with Crippen LogP contribution in [0.4, 0.5) is 11.6 Å². The van der Waals surface area contributed by atoms with E-state index in [2.05, 4.69) is 60.9 Å². The third-order valence-corrected chi connectivity index (χ3v) is 3.67. The van der Waals surface area contributed by atoms with Crippen LogP contribution >= 0.6 is 0 Å². The maximum Gasteiger partial charge on any atom is 0.208 e. The van der Waals surface area contributed by atoms with Crippen molar-refractivity contribution in [1.29, 1.82) is 0 Å². The van der Waals surface area contributed by atoms with Crippen molar-refractivity contribution < 1.29 is 0 Å². The van der Waals surface area contributed by atoms with Crippen LogP contribution in [-0.2, 0) is 0 Å². The SMILES string of the molecule is Cc1cc(C)c(N(C)c2nc3ccccc3[nH]2)c(C)c1. The van der Waals surface area contributed by atoms with Crippen LogP contribution in [0.3, 0.4) is 0 Å². The number of imidazole rings is 1. The molecule has 3 heteroatoms. The number of aromatic nitrogens is 2. The molecule has 0 radical (unpaired) electrons. The Morgan fingerprint density at radius 3 is 2.30 bits per heavy atom. The second kappa shape index (κ2) is 4.67. The number of rotatable bonds is 2. The van der Waals surface area contributed by atoms with Crippen LogP contribution in [0.5, 0.6) is 0 Å². The van der Waals surface area contributed by atoms with Gasteiger partial charge in [-0.2, -0.15) is 0 Å². The summed E-state index contributed by atoms with van der Waals surface area (Å²) in [6, 6.07) is 12.5. The molecular formula is C17H19N3. The van der Waals surface area contributed by atoms with Gasteiger partial charge in [0, 0.05) is 12.7 Å². The molecule has 0 fully saturated rings. The summed E-state index contributed by atoms with van der Waals surface area (Å²) in [6.07, 6.45) is 0. The Kier molecular flexibility index (Phi) is 2.97. The molecule has 0 atom stereocenters. The van der Waals surface area contributed by atoms with E-state index < -0.39 is 0 Å². The topological polar surface area (TPSA) is 31.9 Å².